The molecule has 9 heteroatoms. The van der Waals surface area contributed by atoms with Gasteiger partial charge >= 0.3 is 17.6 Å². The van der Waals surface area contributed by atoms with Gasteiger partial charge < -0.3 is 10.2 Å². The smallest absolute Gasteiger partial charge is 0.370 e. The molecule has 0 fully saturated rings. The fourth-order valence-electron chi connectivity index (χ4n) is 1.50. The molecule has 0 atom stereocenters. The van der Waals surface area contributed by atoms with Gasteiger partial charge in [-0.2, -0.15) is 4.57 Å². The van der Waals surface area contributed by atoms with E-state index in [2.05, 4.69) is 20.7 Å². The van der Waals surface area contributed by atoms with Crippen LogP contribution in [0.15, 0.2) is 45.2 Å². The lowest BCUT2D eigenvalue weighted by Crippen LogP contribution is -2.40. The Kier molecular flexibility index (Phi) is 2.80. The van der Waals surface area contributed by atoms with Crippen LogP contribution in [-0.2, 0) is 21.8 Å². The van der Waals surface area contributed by atoms with Crippen molar-refractivity contribution in [3.05, 3.63) is 30.1 Å². The number of hydrogen-bond acceptors (Lipinski definition) is 6. The SMILES string of the molecule is O=C(O)C[n+]1cccc(C2(C(=O)O)N=NN=N2)c1. The molecule has 18 heavy (non-hydrogen) atoms. The second-order valence-electron chi connectivity index (χ2n) is 3.51. The van der Waals surface area contributed by atoms with E-state index in [0.717, 1.165) is 0 Å². The fourth-order valence-corrected chi connectivity index (χ4v) is 1.50. The van der Waals surface area contributed by atoms with Crippen LogP contribution in [0.25, 0.3) is 0 Å². The summed E-state index contributed by atoms with van der Waals surface area (Å²) in [5.41, 5.74) is -1.73. The maximum absolute atomic E-state index is 11.2. The van der Waals surface area contributed by atoms with Gasteiger partial charge in [-0.15, -0.1) is 10.2 Å². The average Bonchev–Trinajstić information content (AvgIpc) is 2.78. The number of carboxylic acid groups (broad SMARTS) is 2. The summed E-state index contributed by atoms with van der Waals surface area (Å²) in [5, 5.41) is 31.2. The van der Waals surface area contributed by atoms with E-state index >= 15 is 0 Å². The summed E-state index contributed by atoms with van der Waals surface area (Å²) in [7, 11) is 0. The van der Waals surface area contributed by atoms with E-state index in [9.17, 15) is 9.59 Å². The van der Waals surface area contributed by atoms with Gasteiger partial charge in [0.1, 0.15) is 0 Å². The highest BCUT2D eigenvalue weighted by Gasteiger charge is 2.46. The van der Waals surface area contributed by atoms with Crippen LogP contribution < -0.4 is 4.57 Å². The van der Waals surface area contributed by atoms with Gasteiger partial charge in [-0.1, -0.05) is 0 Å². The first-order chi connectivity index (χ1) is 8.54. The number of hydrogen-bond donors (Lipinski definition) is 2. The fraction of sp³-hybridized carbons (Fsp3) is 0.222. The third kappa shape index (κ3) is 1.93. The lowest BCUT2D eigenvalue weighted by Gasteiger charge is -2.12. The Morgan fingerprint density at radius 3 is 2.50 bits per heavy atom. The molecule has 2 heterocycles. The molecular formula is C9H8N5O4+. The van der Waals surface area contributed by atoms with E-state index in [4.69, 9.17) is 10.2 Å². The van der Waals surface area contributed by atoms with Crippen LogP contribution in [0.1, 0.15) is 5.56 Å². The van der Waals surface area contributed by atoms with Gasteiger partial charge in [0.15, 0.2) is 12.4 Å². The van der Waals surface area contributed by atoms with E-state index in [1.165, 1.54) is 29.1 Å². The van der Waals surface area contributed by atoms with E-state index < -0.39 is 17.6 Å². The van der Waals surface area contributed by atoms with Crippen molar-refractivity contribution < 1.29 is 24.4 Å². The molecule has 0 spiro atoms. The van der Waals surface area contributed by atoms with Crippen molar-refractivity contribution in [1.82, 2.24) is 0 Å². The highest BCUT2D eigenvalue weighted by Crippen LogP contribution is 2.31. The van der Waals surface area contributed by atoms with Gasteiger partial charge in [0.25, 0.3) is 0 Å². The first kappa shape index (κ1) is 11.8. The Balaban J connectivity index is 2.44. The summed E-state index contributed by atoms with van der Waals surface area (Å²) in [4.78, 5) is 21.8. The van der Waals surface area contributed by atoms with Crippen molar-refractivity contribution in [3.8, 4) is 0 Å². The number of pyridine rings is 1. The van der Waals surface area contributed by atoms with Gasteiger partial charge in [-0.3, -0.25) is 0 Å². The molecular weight excluding hydrogens is 242 g/mol. The average molecular weight is 250 g/mol. The normalized spacial score (nSPS) is 15.8. The van der Waals surface area contributed by atoms with E-state index in [1.54, 1.807) is 0 Å². The van der Waals surface area contributed by atoms with Crippen molar-refractivity contribution in [2.75, 3.05) is 0 Å². The van der Waals surface area contributed by atoms with Crippen LogP contribution in [0.5, 0.6) is 0 Å². The van der Waals surface area contributed by atoms with Crippen molar-refractivity contribution in [3.63, 3.8) is 0 Å². The number of carbonyl (C=O) groups is 2. The molecule has 2 N–H and O–H groups in total. The minimum Gasteiger partial charge on any atom is -0.478 e. The van der Waals surface area contributed by atoms with Gasteiger partial charge in [0.2, 0.25) is 6.54 Å². The first-order valence-electron chi connectivity index (χ1n) is 4.83. The lowest BCUT2D eigenvalue weighted by atomic mass is 10.0. The molecule has 1 aromatic heterocycles. The Morgan fingerprint density at radius 2 is 1.94 bits per heavy atom. The summed E-state index contributed by atoms with van der Waals surface area (Å²) in [5.74, 6) is -2.38. The lowest BCUT2D eigenvalue weighted by molar-refractivity contribution is -0.686. The number of carboxylic acids is 2. The molecule has 0 amide bonds. The van der Waals surface area contributed by atoms with Gasteiger partial charge in [-0.25, -0.2) is 9.59 Å². The monoisotopic (exact) mass is 250 g/mol. The second-order valence-corrected chi connectivity index (χ2v) is 3.51. The highest BCUT2D eigenvalue weighted by molar-refractivity contribution is 5.80. The Hall–Kier alpha value is -2.71. The molecule has 0 saturated carbocycles. The van der Waals surface area contributed by atoms with Crippen LogP contribution in [0.3, 0.4) is 0 Å². The van der Waals surface area contributed by atoms with E-state index in [1.807, 2.05) is 0 Å². The largest absolute Gasteiger partial charge is 0.478 e. The van der Waals surface area contributed by atoms with Crippen LogP contribution in [-0.4, -0.2) is 22.2 Å². The Labute approximate surface area is 100 Å². The zero-order chi connectivity index (χ0) is 13.2. The Bertz CT molecular complexity index is 556. The molecule has 1 aromatic rings. The van der Waals surface area contributed by atoms with Crippen LogP contribution >= 0.6 is 0 Å². The summed E-state index contributed by atoms with van der Waals surface area (Å²) in [6.45, 7) is -0.294. The standard InChI is InChI=1S/C9H7N5O4/c15-7(16)5-14-3-1-2-6(4-14)9(8(17)18)10-12-13-11-9/h1-4H,5H2,(H-,15,16,17,18)/p+1. The van der Waals surface area contributed by atoms with Crippen molar-refractivity contribution in [1.29, 1.82) is 0 Å². The predicted octanol–water partition coefficient (Wildman–Crippen LogP) is 0.129. The molecule has 92 valence electrons. The summed E-state index contributed by atoms with van der Waals surface area (Å²) in [6, 6.07) is 2.97. The van der Waals surface area contributed by atoms with Crippen molar-refractivity contribution in [2.45, 2.75) is 12.2 Å². The van der Waals surface area contributed by atoms with Gasteiger partial charge in [-0.05, 0) is 16.5 Å². The second kappa shape index (κ2) is 4.28. The van der Waals surface area contributed by atoms with Crippen molar-refractivity contribution >= 4 is 11.9 Å². The molecule has 0 aromatic carbocycles. The third-order valence-electron chi connectivity index (χ3n) is 2.30. The number of aromatic nitrogens is 1. The topological polar surface area (TPSA) is 128 Å². The zero-order valence-corrected chi connectivity index (χ0v) is 8.96. The number of nitrogens with zero attached hydrogens (tertiary/aromatic N) is 5. The molecule has 0 unspecified atom stereocenters. The first-order valence-corrected chi connectivity index (χ1v) is 4.83. The summed E-state index contributed by atoms with van der Waals surface area (Å²) in [6.07, 6.45) is 2.84. The molecule has 9 nitrogen and oxygen atoms in total. The minimum absolute atomic E-state index is 0.184. The van der Waals surface area contributed by atoms with Crippen LogP contribution in [0, 0.1) is 0 Å². The number of rotatable bonds is 4. The minimum atomic E-state index is -1.92. The number of aliphatic carboxylic acids is 2. The summed E-state index contributed by atoms with van der Waals surface area (Å²) >= 11 is 0. The van der Waals surface area contributed by atoms with Gasteiger partial charge in [0.05, 0.1) is 5.56 Å². The van der Waals surface area contributed by atoms with Crippen LogP contribution in [0.2, 0.25) is 0 Å². The summed E-state index contributed by atoms with van der Waals surface area (Å²) < 4.78 is 1.31. The molecule has 0 radical (unpaired) electrons. The molecule has 1 aliphatic rings. The molecule has 0 saturated heterocycles. The quantitative estimate of drug-likeness (QED) is 0.735. The maximum atomic E-state index is 11.2. The molecule has 0 bridgehead atoms. The Morgan fingerprint density at radius 1 is 1.28 bits per heavy atom. The van der Waals surface area contributed by atoms with Crippen LogP contribution in [0.4, 0.5) is 0 Å². The molecule has 1 aliphatic heterocycles. The van der Waals surface area contributed by atoms with E-state index in [0.29, 0.717) is 0 Å². The van der Waals surface area contributed by atoms with E-state index in [-0.39, 0.29) is 12.1 Å². The molecule has 0 aliphatic carbocycles. The highest BCUT2D eigenvalue weighted by atomic mass is 16.4. The predicted molar refractivity (Wildman–Crippen MR) is 53.3 cm³/mol. The van der Waals surface area contributed by atoms with Gasteiger partial charge in [0, 0.05) is 6.07 Å². The van der Waals surface area contributed by atoms with Crippen molar-refractivity contribution in [2.24, 2.45) is 20.7 Å². The maximum Gasteiger partial charge on any atom is 0.370 e. The molecule has 2 rings (SSSR count). The zero-order valence-electron chi connectivity index (χ0n) is 8.96. The third-order valence-corrected chi connectivity index (χ3v) is 2.30.